The number of hydrogen-bond donors (Lipinski definition) is 3. The van der Waals surface area contributed by atoms with Gasteiger partial charge in [0.2, 0.25) is 5.95 Å². The molecule has 0 atom stereocenters. The van der Waals surface area contributed by atoms with Crippen molar-refractivity contribution >= 4 is 17.5 Å². The number of aryl methyl sites for hydroxylation is 2. The molecule has 0 aliphatic carbocycles. The van der Waals surface area contributed by atoms with Crippen LogP contribution >= 0.6 is 0 Å². The van der Waals surface area contributed by atoms with Gasteiger partial charge in [0.15, 0.2) is 0 Å². The Balaban J connectivity index is 2.09. The Bertz CT molecular complexity index is 638. The van der Waals surface area contributed by atoms with Crippen molar-refractivity contribution in [2.45, 2.75) is 20.3 Å². The number of hydrogen-bond acceptors (Lipinski definition) is 5. The number of aliphatic hydroxyl groups is 1. The summed E-state index contributed by atoms with van der Waals surface area (Å²) < 4.78 is 0. The van der Waals surface area contributed by atoms with Crippen LogP contribution in [0.3, 0.4) is 0 Å². The van der Waals surface area contributed by atoms with Crippen molar-refractivity contribution in [3.8, 4) is 0 Å². The van der Waals surface area contributed by atoms with Gasteiger partial charge >= 0.3 is 0 Å². The fourth-order valence-electron chi connectivity index (χ4n) is 2.03. The van der Waals surface area contributed by atoms with E-state index in [9.17, 15) is 4.79 Å². The average Bonchev–Trinajstić information content (AvgIpc) is 2.46. The first-order valence-corrected chi connectivity index (χ1v) is 7.17. The smallest absolute Gasteiger partial charge is 0.251 e. The third kappa shape index (κ3) is 4.53. The second-order valence-electron chi connectivity index (χ2n) is 5.01. The van der Waals surface area contributed by atoms with Gasteiger partial charge in [-0.3, -0.25) is 4.79 Å². The van der Waals surface area contributed by atoms with Gasteiger partial charge in [0.05, 0.1) is 0 Å². The SMILES string of the molecule is Cc1cc(C)nc(Nc2cccc(C(=O)NCCCO)c2)n1. The summed E-state index contributed by atoms with van der Waals surface area (Å²) >= 11 is 0. The highest BCUT2D eigenvalue weighted by molar-refractivity contribution is 5.95. The molecule has 0 radical (unpaired) electrons. The highest BCUT2D eigenvalue weighted by Crippen LogP contribution is 2.15. The van der Waals surface area contributed by atoms with Gasteiger partial charge in [0, 0.05) is 35.8 Å². The van der Waals surface area contributed by atoms with E-state index < -0.39 is 0 Å². The Morgan fingerprint density at radius 1 is 1.18 bits per heavy atom. The summed E-state index contributed by atoms with van der Waals surface area (Å²) in [6.07, 6.45) is 0.542. The van der Waals surface area contributed by atoms with Crippen LogP contribution in [0.5, 0.6) is 0 Å². The number of nitrogens with one attached hydrogen (secondary N) is 2. The maximum absolute atomic E-state index is 12.0. The number of anilines is 2. The molecule has 1 amide bonds. The van der Waals surface area contributed by atoms with E-state index in [4.69, 9.17) is 5.11 Å². The fourth-order valence-corrected chi connectivity index (χ4v) is 2.03. The van der Waals surface area contributed by atoms with Crippen LogP contribution in [0, 0.1) is 13.8 Å². The quantitative estimate of drug-likeness (QED) is 0.710. The van der Waals surface area contributed by atoms with Crippen LogP contribution in [0.4, 0.5) is 11.6 Å². The molecule has 0 aliphatic heterocycles. The lowest BCUT2D eigenvalue weighted by atomic mass is 10.2. The van der Waals surface area contributed by atoms with Gasteiger partial charge in [-0.1, -0.05) is 6.07 Å². The van der Waals surface area contributed by atoms with Crippen molar-refractivity contribution in [3.05, 3.63) is 47.3 Å². The standard InChI is InChI=1S/C16H20N4O2/c1-11-9-12(2)19-16(18-11)20-14-6-3-5-13(10-14)15(22)17-7-4-8-21/h3,5-6,9-10,21H,4,7-8H2,1-2H3,(H,17,22)(H,18,19,20). The number of benzene rings is 1. The van der Waals surface area contributed by atoms with Crippen molar-refractivity contribution in [1.82, 2.24) is 15.3 Å². The summed E-state index contributed by atoms with van der Waals surface area (Å²) in [6.45, 7) is 4.33. The number of amides is 1. The van der Waals surface area contributed by atoms with Gasteiger partial charge in [0.25, 0.3) is 5.91 Å². The zero-order valence-electron chi connectivity index (χ0n) is 12.8. The summed E-state index contributed by atoms with van der Waals surface area (Å²) in [6, 6.07) is 9.03. The van der Waals surface area contributed by atoms with E-state index >= 15 is 0 Å². The van der Waals surface area contributed by atoms with E-state index in [0.29, 0.717) is 24.5 Å². The molecular weight excluding hydrogens is 280 g/mol. The normalized spacial score (nSPS) is 10.3. The topological polar surface area (TPSA) is 87.1 Å². The maximum atomic E-state index is 12.0. The van der Waals surface area contributed by atoms with E-state index in [0.717, 1.165) is 17.1 Å². The minimum atomic E-state index is -0.168. The van der Waals surface area contributed by atoms with Crippen LogP contribution in [-0.4, -0.2) is 34.1 Å². The zero-order chi connectivity index (χ0) is 15.9. The van der Waals surface area contributed by atoms with Gasteiger partial charge in [-0.25, -0.2) is 9.97 Å². The van der Waals surface area contributed by atoms with Gasteiger partial charge in [-0.2, -0.15) is 0 Å². The van der Waals surface area contributed by atoms with E-state index in [2.05, 4.69) is 20.6 Å². The molecule has 0 bridgehead atoms. The molecule has 2 aromatic rings. The molecule has 116 valence electrons. The van der Waals surface area contributed by atoms with Gasteiger partial charge in [-0.15, -0.1) is 0 Å². The van der Waals surface area contributed by atoms with Crippen LogP contribution in [0.1, 0.15) is 28.2 Å². The molecule has 0 saturated heterocycles. The number of carbonyl (C=O) groups excluding carboxylic acids is 1. The molecule has 1 heterocycles. The number of nitrogens with zero attached hydrogens (tertiary/aromatic N) is 2. The fraction of sp³-hybridized carbons (Fsp3) is 0.312. The first-order chi connectivity index (χ1) is 10.6. The Labute approximate surface area is 129 Å². The zero-order valence-corrected chi connectivity index (χ0v) is 12.8. The Hall–Kier alpha value is -2.47. The number of rotatable bonds is 6. The van der Waals surface area contributed by atoms with Crippen molar-refractivity contribution in [1.29, 1.82) is 0 Å². The molecule has 3 N–H and O–H groups in total. The second-order valence-corrected chi connectivity index (χ2v) is 5.01. The molecular formula is C16H20N4O2. The average molecular weight is 300 g/mol. The molecule has 0 saturated carbocycles. The van der Waals surface area contributed by atoms with Crippen LogP contribution in [-0.2, 0) is 0 Å². The molecule has 0 fully saturated rings. The second kappa shape index (κ2) is 7.51. The highest BCUT2D eigenvalue weighted by Gasteiger charge is 2.06. The molecule has 2 rings (SSSR count). The third-order valence-electron chi connectivity index (χ3n) is 2.98. The summed E-state index contributed by atoms with van der Waals surface area (Å²) in [5.74, 6) is 0.341. The minimum Gasteiger partial charge on any atom is -0.396 e. The molecule has 0 aliphatic rings. The molecule has 0 spiro atoms. The van der Waals surface area contributed by atoms with E-state index in [1.807, 2.05) is 26.0 Å². The largest absolute Gasteiger partial charge is 0.396 e. The van der Waals surface area contributed by atoms with Gasteiger partial charge in [-0.05, 0) is 44.5 Å². The molecule has 1 aromatic carbocycles. The van der Waals surface area contributed by atoms with Crippen molar-refractivity contribution in [3.63, 3.8) is 0 Å². The number of aromatic nitrogens is 2. The van der Waals surface area contributed by atoms with E-state index in [-0.39, 0.29) is 12.5 Å². The van der Waals surface area contributed by atoms with Crippen LogP contribution in [0.15, 0.2) is 30.3 Å². The van der Waals surface area contributed by atoms with Crippen molar-refractivity contribution in [2.75, 3.05) is 18.5 Å². The van der Waals surface area contributed by atoms with Crippen molar-refractivity contribution in [2.24, 2.45) is 0 Å². The third-order valence-corrected chi connectivity index (χ3v) is 2.98. The highest BCUT2D eigenvalue weighted by atomic mass is 16.3. The molecule has 0 unspecified atom stereocenters. The van der Waals surface area contributed by atoms with E-state index in [1.54, 1.807) is 18.2 Å². The van der Waals surface area contributed by atoms with Crippen LogP contribution in [0.25, 0.3) is 0 Å². The van der Waals surface area contributed by atoms with Gasteiger partial charge < -0.3 is 15.7 Å². The number of carbonyl (C=O) groups is 1. The van der Waals surface area contributed by atoms with Gasteiger partial charge in [0.1, 0.15) is 0 Å². The summed E-state index contributed by atoms with van der Waals surface area (Å²) in [5.41, 5.74) is 3.06. The molecule has 6 heteroatoms. The monoisotopic (exact) mass is 300 g/mol. The lowest BCUT2D eigenvalue weighted by molar-refractivity contribution is 0.0951. The summed E-state index contributed by atoms with van der Waals surface area (Å²) in [7, 11) is 0. The molecule has 1 aromatic heterocycles. The summed E-state index contributed by atoms with van der Waals surface area (Å²) in [4.78, 5) is 20.6. The first kappa shape index (κ1) is 15.9. The summed E-state index contributed by atoms with van der Waals surface area (Å²) in [5, 5.41) is 14.6. The maximum Gasteiger partial charge on any atom is 0.251 e. The Kier molecular flexibility index (Phi) is 5.43. The Morgan fingerprint density at radius 2 is 1.91 bits per heavy atom. The predicted molar refractivity (Wildman–Crippen MR) is 85.3 cm³/mol. The lowest BCUT2D eigenvalue weighted by Crippen LogP contribution is -2.25. The van der Waals surface area contributed by atoms with Crippen LogP contribution < -0.4 is 10.6 Å². The molecule has 22 heavy (non-hydrogen) atoms. The minimum absolute atomic E-state index is 0.0614. The van der Waals surface area contributed by atoms with E-state index in [1.165, 1.54) is 0 Å². The number of aliphatic hydroxyl groups excluding tert-OH is 1. The first-order valence-electron chi connectivity index (χ1n) is 7.17. The predicted octanol–water partition coefficient (Wildman–Crippen LogP) is 1.95. The van der Waals surface area contributed by atoms with Crippen LogP contribution in [0.2, 0.25) is 0 Å². The van der Waals surface area contributed by atoms with Crippen molar-refractivity contribution < 1.29 is 9.90 Å². The Morgan fingerprint density at radius 3 is 2.59 bits per heavy atom. The molecule has 6 nitrogen and oxygen atoms in total. The lowest BCUT2D eigenvalue weighted by Gasteiger charge is -2.09.